The fourth-order valence-electron chi connectivity index (χ4n) is 2.02. The minimum atomic E-state index is -1.24. The SMILES string of the molecule is COc1ccc(/C=C/C(=O)Oc2ccc(Cl)cc2C(=O)O)cc1OC. The summed E-state index contributed by atoms with van der Waals surface area (Å²) in [5.74, 6) is -0.967. The molecule has 0 spiro atoms. The van der Waals surface area contributed by atoms with E-state index < -0.39 is 11.9 Å². The average molecular weight is 363 g/mol. The number of carboxylic acid groups (broad SMARTS) is 1. The summed E-state index contributed by atoms with van der Waals surface area (Å²) in [6.07, 6.45) is 2.70. The number of carbonyl (C=O) groups is 2. The van der Waals surface area contributed by atoms with Crippen molar-refractivity contribution in [2.24, 2.45) is 0 Å². The first-order chi connectivity index (χ1) is 11.9. The summed E-state index contributed by atoms with van der Waals surface area (Å²) in [5, 5.41) is 9.36. The lowest BCUT2D eigenvalue weighted by Gasteiger charge is -2.08. The molecule has 0 saturated heterocycles. The molecule has 2 aromatic carbocycles. The first kappa shape index (κ1) is 18.4. The Kier molecular flexibility index (Phi) is 6.03. The summed E-state index contributed by atoms with van der Waals surface area (Å²) >= 11 is 5.75. The molecule has 2 aromatic rings. The fraction of sp³-hybridized carbons (Fsp3) is 0.111. The molecule has 0 radical (unpaired) electrons. The standard InChI is InChI=1S/C18H15ClO6/c1-23-15-6-3-11(9-16(15)24-2)4-8-17(20)25-14-7-5-12(19)10-13(14)18(21)22/h3-10H,1-2H3,(H,21,22)/b8-4+. The maximum Gasteiger partial charge on any atom is 0.339 e. The monoisotopic (exact) mass is 362 g/mol. The largest absolute Gasteiger partial charge is 0.493 e. The van der Waals surface area contributed by atoms with E-state index in [4.69, 9.17) is 30.9 Å². The summed E-state index contributed by atoms with van der Waals surface area (Å²) in [4.78, 5) is 23.1. The minimum Gasteiger partial charge on any atom is -0.493 e. The van der Waals surface area contributed by atoms with E-state index in [1.165, 1.54) is 44.6 Å². The second kappa shape index (κ2) is 8.21. The molecule has 0 fully saturated rings. The third kappa shape index (κ3) is 4.74. The number of carbonyl (C=O) groups excluding carboxylic acids is 1. The molecule has 0 bridgehead atoms. The molecular weight excluding hydrogens is 348 g/mol. The number of hydrogen-bond donors (Lipinski definition) is 1. The van der Waals surface area contributed by atoms with E-state index in [-0.39, 0.29) is 16.3 Å². The first-order valence-electron chi connectivity index (χ1n) is 7.09. The highest BCUT2D eigenvalue weighted by molar-refractivity contribution is 6.31. The van der Waals surface area contributed by atoms with Crippen LogP contribution in [0, 0.1) is 0 Å². The van der Waals surface area contributed by atoms with Gasteiger partial charge in [-0.05, 0) is 42.0 Å². The molecular formula is C18H15ClO6. The molecule has 25 heavy (non-hydrogen) atoms. The van der Waals surface area contributed by atoms with Crippen LogP contribution >= 0.6 is 11.6 Å². The van der Waals surface area contributed by atoms with Crippen molar-refractivity contribution in [2.45, 2.75) is 0 Å². The molecule has 0 aliphatic carbocycles. The quantitative estimate of drug-likeness (QED) is 0.479. The number of methoxy groups -OCH3 is 2. The number of rotatable bonds is 6. The van der Waals surface area contributed by atoms with E-state index in [0.29, 0.717) is 17.1 Å². The van der Waals surface area contributed by atoms with E-state index in [9.17, 15) is 9.59 Å². The molecule has 0 aliphatic rings. The number of benzene rings is 2. The molecule has 7 heteroatoms. The van der Waals surface area contributed by atoms with Crippen molar-refractivity contribution in [3.8, 4) is 17.2 Å². The van der Waals surface area contributed by atoms with E-state index in [2.05, 4.69) is 0 Å². The molecule has 6 nitrogen and oxygen atoms in total. The van der Waals surface area contributed by atoms with Gasteiger partial charge in [0.25, 0.3) is 0 Å². The van der Waals surface area contributed by atoms with E-state index >= 15 is 0 Å². The molecule has 0 aliphatic heterocycles. The lowest BCUT2D eigenvalue weighted by Crippen LogP contribution is -2.08. The highest BCUT2D eigenvalue weighted by atomic mass is 35.5. The van der Waals surface area contributed by atoms with Crippen molar-refractivity contribution in [1.82, 2.24) is 0 Å². The third-order valence-corrected chi connectivity index (χ3v) is 3.44. The van der Waals surface area contributed by atoms with Crippen molar-refractivity contribution < 1.29 is 28.9 Å². The van der Waals surface area contributed by atoms with Gasteiger partial charge in [-0.15, -0.1) is 0 Å². The Morgan fingerprint density at radius 3 is 2.32 bits per heavy atom. The van der Waals surface area contributed by atoms with Crippen molar-refractivity contribution >= 4 is 29.6 Å². The lowest BCUT2D eigenvalue weighted by atomic mass is 10.2. The molecule has 0 atom stereocenters. The van der Waals surface area contributed by atoms with Gasteiger partial charge in [0.15, 0.2) is 11.5 Å². The van der Waals surface area contributed by atoms with Crippen LogP contribution in [0.25, 0.3) is 6.08 Å². The summed E-state index contributed by atoms with van der Waals surface area (Å²) in [7, 11) is 3.03. The maximum absolute atomic E-state index is 11.9. The number of aromatic carboxylic acids is 1. The zero-order valence-corrected chi connectivity index (χ0v) is 14.2. The maximum atomic E-state index is 11.9. The Balaban J connectivity index is 2.15. The predicted octanol–water partition coefficient (Wildman–Crippen LogP) is 3.67. The number of carboxylic acids is 1. The van der Waals surface area contributed by atoms with Crippen LogP contribution in [0.4, 0.5) is 0 Å². The van der Waals surface area contributed by atoms with Gasteiger partial charge in [0.05, 0.1) is 14.2 Å². The van der Waals surface area contributed by atoms with Crippen LogP contribution in [0.2, 0.25) is 5.02 Å². The van der Waals surface area contributed by atoms with Gasteiger partial charge in [-0.3, -0.25) is 0 Å². The Bertz CT molecular complexity index is 828. The van der Waals surface area contributed by atoms with Crippen LogP contribution in [0.5, 0.6) is 17.2 Å². The lowest BCUT2D eigenvalue weighted by molar-refractivity contribution is -0.128. The van der Waals surface area contributed by atoms with Crippen molar-refractivity contribution in [3.63, 3.8) is 0 Å². The van der Waals surface area contributed by atoms with E-state index in [1.54, 1.807) is 18.2 Å². The summed E-state index contributed by atoms with van der Waals surface area (Å²) in [5.41, 5.74) is 0.490. The van der Waals surface area contributed by atoms with Crippen molar-refractivity contribution in [3.05, 3.63) is 58.6 Å². The van der Waals surface area contributed by atoms with Gasteiger partial charge >= 0.3 is 11.9 Å². The Hall–Kier alpha value is -2.99. The fourth-order valence-corrected chi connectivity index (χ4v) is 2.19. The van der Waals surface area contributed by atoms with Crippen LogP contribution in [-0.2, 0) is 4.79 Å². The summed E-state index contributed by atoms with van der Waals surface area (Å²) in [6, 6.07) is 9.10. The van der Waals surface area contributed by atoms with Crippen LogP contribution in [0.15, 0.2) is 42.5 Å². The highest BCUT2D eigenvalue weighted by Gasteiger charge is 2.14. The Morgan fingerprint density at radius 1 is 1.00 bits per heavy atom. The summed E-state index contributed by atoms with van der Waals surface area (Å²) < 4.78 is 15.4. The van der Waals surface area contributed by atoms with Crippen LogP contribution in [0.1, 0.15) is 15.9 Å². The topological polar surface area (TPSA) is 82.1 Å². The second-order valence-electron chi connectivity index (χ2n) is 4.81. The number of halogens is 1. The average Bonchev–Trinajstić information content (AvgIpc) is 2.61. The van der Waals surface area contributed by atoms with Gasteiger partial charge in [0, 0.05) is 11.1 Å². The number of ether oxygens (including phenoxy) is 3. The predicted molar refractivity (Wildman–Crippen MR) is 92.6 cm³/mol. The van der Waals surface area contributed by atoms with Gasteiger partial charge < -0.3 is 19.3 Å². The number of hydrogen-bond acceptors (Lipinski definition) is 5. The van der Waals surface area contributed by atoms with Gasteiger partial charge in [0.1, 0.15) is 11.3 Å². The number of esters is 1. The smallest absolute Gasteiger partial charge is 0.339 e. The van der Waals surface area contributed by atoms with Crippen molar-refractivity contribution in [2.75, 3.05) is 14.2 Å². The van der Waals surface area contributed by atoms with E-state index in [1.807, 2.05) is 0 Å². The van der Waals surface area contributed by atoms with Gasteiger partial charge in [-0.1, -0.05) is 17.7 Å². The first-order valence-corrected chi connectivity index (χ1v) is 7.47. The molecule has 0 aromatic heterocycles. The van der Waals surface area contributed by atoms with E-state index in [0.717, 1.165) is 0 Å². The Morgan fingerprint density at radius 2 is 1.68 bits per heavy atom. The Labute approximate surface area is 149 Å². The van der Waals surface area contributed by atoms with Crippen LogP contribution in [0.3, 0.4) is 0 Å². The summed E-state index contributed by atoms with van der Waals surface area (Å²) in [6.45, 7) is 0. The zero-order valence-electron chi connectivity index (χ0n) is 13.5. The molecule has 2 rings (SSSR count). The highest BCUT2D eigenvalue weighted by Crippen LogP contribution is 2.28. The normalized spacial score (nSPS) is 10.5. The third-order valence-electron chi connectivity index (χ3n) is 3.20. The van der Waals surface area contributed by atoms with Crippen LogP contribution < -0.4 is 14.2 Å². The molecule has 130 valence electrons. The molecule has 0 unspecified atom stereocenters. The molecule has 1 N–H and O–H groups in total. The molecule has 0 amide bonds. The van der Waals surface area contributed by atoms with Gasteiger partial charge in [-0.25, -0.2) is 9.59 Å². The van der Waals surface area contributed by atoms with Crippen molar-refractivity contribution in [1.29, 1.82) is 0 Å². The van der Waals surface area contributed by atoms with Gasteiger partial charge in [-0.2, -0.15) is 0 Å². The van der Waals surface area contributed by atoms with Crippen LogP contribution in [-0.4, -0.2) is 31.3 Å². The molecule has 0 heterocycles. The molecule has 0 saturated carbocycles. The zero-order chi connectivity index (χ0) is 18.4. The second-order valence-corrected chi connectivity index (χ2v) is 5.25. The minimum absolute atomic E-state index is 0.0844. The van der Waals surface area contributed by atoms with Gasteiger partial charge in [0.2, 0.25) is 0 Å².